The molecule has 0 aliphatic rings. The first-order chi connectivity index (χ1) is 13.2. The van der Waals surface area contributed by atoms with Crippen LogP contribution in [0.5, 0.6) is 5.75 Å². The lowest BCUT2D eigenvalue weighted by Gasteiger charge is -2.16. The third-order valence-electron chi connectivity index (χ3n) is 3.27. The SMILES string of the molecule is CCOC(=O)c1cc(O[C@H](C)C(=O)NC(=O)NC(C)C)cc(C(=O)OCC)c1. The summed E-state index contributed by atoms with van der Waals surface area (Å²) in [7, 11) is 0. The van der Waals surface area contributed by atoms with Gasteiger partial charge in [0.15, 0.2) is 6.10 Å². The lowest BCUT2D eigenvalue weighted by molar-refractivity contribution is -0.126. The maximum Gasteiger partial charge on any atom is 0.338 e. The van der Waals surface area contributed by atoms with Crippen molar-refractivity contribution in [3.05, 3.63) is 29.3 Å². The molecule has 28 heavy (non-hydrogen) atoms. The van der Waals surface area contributed by atoms with Gasteiger partial charge >= 0.3 is 18.0 Å². The summed E-state index contributed by atoms with van der Waals surface area (Å²) in [5.41, 5.74) is 0.153. The number of nitrogens with one attached hydrogen (secondary N) is 2. The van der Waals surface area contributed by atoms with E-state index in [4.69, 9.17) is 14.2 Å². The lowest BCUT2D eigenvalue weighted by Crippen LogP contribution is -2.47. The number of amides is 3. The van der Waals surface area contributed by atoms with Crippen molar-refractivity contribution in [1.29, 1.82) is 0 Å². The number of urea groups is 1. The van der Waals surface area contributed by atoms with Gasteiger partial charge in [0, 0.05) is 6.04 Å². The molecular weight excluding hydrogens is 368 g/mol. The molecule has 0 aliphatic heterocycles. The molecular formula is C19H26N2O7. The van der Waals surface area contributed by atoms with Crippen LogP contribution in [0.25, 0.3) is 0 Å². The van der Waals surface area contributed by atoms with Gasteiger partial charge in [-0.2, -0.15) is 0 Å². The van der Waals surface area contributed by atoms with Crippen molar-refractivity contribution in [1.82, 2.24) is 10.6 Å². The van der Waals surface area contributed by atoms with E-state index < -0.39 is 30.0 Å². The molecule has 9 nitrogen and oxygen atoms in total. The maximum absolute atomic E-state index is 12.1. The quantitative estimate of drug-likeness (QED) is 0.647. The standard InChI is InChI=1S/C19H26N2O7/c1-6-26-17(23)13-8-14(18(24)27-7-2)10-15(9-13)28-12(5)16(22)21-19(25)20-11(3)4/h8-12H,6-7H2,1-5H3,(H2,20,21,22,25)/t12-/m1/s1. The first-order valence-corrected chi connectivity index (χ1v) is 8.95. The van der Waals surface area contributed by atoms with Crippen LogP contribution in [-0.2, 0) is 14.3 Å². The molecule has 0 saturated carbocycles. The van der Waals surface area contributed by atoms with Crippen molar-refractivity contribution in [3.8, 4) is 5.75 Å². The van der Waals surface area contributed by atoms with Gasteiger partial charge in [-0.3, -0.25) is 10.1 Å². The summed E-state index contributed by atoms with van der Waals surface area (Å²) >= 11 is 0. The van der Waals surface area contributed by atoms with E-state index in [9.17, 15) is 19.2 Å². The van der Waals surface area contributed by atoms with Crippen molar-refractivity contribution in [2.45, 2.75) is 46.8 Å². The largest absolute Gasteiger partial charge is 0.481 e. The molecule has 1 aromatic rings. The van der Waals surface area contributed by atoms with E-state index >= 15 is 0 Å². The van der Waals surface area contributed by atoms with Crippen LogP contribution < -0.4 is 15.4 Å². The van der Waals surface area contributed by atoms with Crippen LogP contribution in [0, 0.1) is 0 Å². The molecule has 0 saturated heterocycles. The molecule has 0 aromatic heterocycles. The summed E-state index contributed by atoms with van der Waals surface area (Å²) in [5, 5.41) is 4.67. The minimum absolute atomic E-state index is 0.0764. The highest BCUT2D eigenvalue weighted by atomic mass is 16.5. The fourth-order valence-corrected chi connectivity index (χ4v) is 2.10. The summed E-state index contributed by atoms with van der Waals surface area (Å²) in [4.78, 5) is 47.8. The smallest absolute Gasteiger partial charge is 0.338 e. The van der Waals surface area contributed by atoms with E-state index in [1.807, 2.05) is 0 Å². The normalized spacial score (nSPS) is 11.4. The number of esters is 2. The van der Waals surface area contributed by atoms with Crippen molar-refractivity contribution in [2.24, 2.45) is 0 Å². The van der Waals surface area contributed by atoms with Crippen LogP contribution in [0.4, 0.5) is 4.79 Å². The molecule has 1 aromatic carbocycles. The number of hydrogen-bond donors (Lipinski definition) is 2. The summed E-state index contributed by atoms with van der Waals surface area (Å²) < 4.78 is 15.4. The van der Waals surface area contributed by atoms with E-state index in [1.165, 1.54) is 25.1 Å². The van der Waals surface area contributed by atoms with E-state index in [0.29, 0.717) is 0 Å². The molecule has 0 bridgehead atoms. The molecule has 0 aliphatic carbocycles. The average Bonchev–Trinajstić information content (AvgIpc) is 2.60. The molecule has 0 unspecified atom stereocenters. The first-order valence-electron chi connectivity index (χ1n) is 8.95. The molecule has 9 heteroatoms. The third-order valence-corrected chi connectivity index (χ3v) is 3.27. The Morgan fingerprint density at radius 1 is 0.893 bits per heavy atom. The van der Waals surface area contributed by atoms with Crippen LogP contribution in [-0.4, -0.2) is 49.2 Å². The van der Waals surface area contributed by atoms with Crippen LogP contribution in [0.3, 0.4) is 0 Å². The summed E-state index contributed by atoms with van der Waals surface area (Å²) in [6.45, 7) is 8.55. The predicted octanol–water partition coefficient (Wildman–Crippen LogP) is 2.04. The maximum atomic E-state index is 12.1. The van der Waals surface area contributed by atoms with Crippen LogP contribution in [0.2, 0.25) is 0 Å². The Balaban J connectivity index is 3.00. The van der Waals surface area contributed by atoms with Gasteiger partial charge in [0.1, 0.15) is 5.75 Å². The van der Waals surface area contributed by atoms with Gasteiger partial charge in [-0.25, -0.2) is 14.4 Å². The molecule has 1 atom stereocenters. The van der Waals surface area contributed by atoms with Crippen molar-refractivity contribution in [2.75, 3.05) is 13.2 Å². The van der Waals surface area contributed by atoms with Crippen molar-refractivity contribution in [3.63, 3.8) is 0 Å². The number of ether oxygens (including phenoxy) is 3. The lowest BCUT2D eigenvalue weighted by atomic mass is 10.1. The number of rotatable bonds is 8. The zero-order chi connectivity index (χ0) is 21.3. The number of imide groups is 1. The van der Waals surface area contributed by atoms with Crippen LogP contribution in [0.15, 0.2) is 18.2 Å². The van der Waals surface area contributed by atoms with Gasteiger partial charge in [0.05, 0.1) is 24.3 Å². The molecule has 0 radical (unpaired) electrons. The number of carbonyl (C=O) groups is 4. The van der Waals surface area contributed by atoms with E-state index in [0.717, 1.165) is 0 Å². The van der Waals surface area contributed by atoms with Crippen molar-refractivity contribution < 1.29 is 33.4 Å². The topological polar surface area (TPSA) is 120 Å². The zero-order valence-corrected chi connectivity index (χ0v) is 16.7. The zero-order valence-electron chi connectivity index (χ0n) is 16.7. The molecule has 0 spiro atoms. The molecule has 1 rings (SSSR count). The highest BCUT2D eigenvalue weighted by molar-refractivity contribution is 5.97. The van der Waals surface area contributed by atoms with Gasteiger partial charge in [-0.15, -0.1) is 0 Å². The van der Waals surface area contributed by atoms with E-state index in [1.54, 1.807) is 27.7 Å². The molecule has 2 N–H and O–H groups in total. The highest BCUT2D eigenvalue weighted by Gasteiger charge is 2.20. The minimum atomic E-state index is -1.06. The fourth-order valence-electron chi connectivity index (χ4n) is 2.10. The Morgan fingerprint density at radius 2 is 1.39 bits per heavy atom. The van der Waals surface area contributed by atoms with Gasteiger partial charge in [0.2, 0.25) is 0 Å². The van der Waals surface area contributed by atoms with Crippen molar-refractivity contribution >= 4 is 23.9 Å². The van der Waals surface area contributed by atoms with Gasteiger partial charge < -0.3 is 19.5 Å². The van der Waals surface area contributed by atoms with Crippen LogP contribution >= 0.6 is 0 Å². The summed E-state index contributed by atoms with van der Waals surface area (Å²) in [6, 6.07) is 3.22. The van der Waals surface area contributed by atoms with E-state index in [2.05, 4.69) is 10.6 Å². The molecule has 0 fully saturated rings. The monoisotopic (exact) mass is 394 g/mol. The Bertz CT molecular complexity index is 695. The van der Waals surface area contributed by atoms with Gasteiger partial charge in [-0.1, -0.05) is 0 Å². The Morgan fingerprint density at radius 3 is 1.82 bits per heavy atom. The second kappa shape index (κ2) is 10.9. The second-order valence-corrected chi connectivity index (χ2v) is 6.06. The summed E-state index contributed by atoms with van der Waals surface area (Å²) in [6.07, 6.45) is -1.06. The average molecular weight is 394 g/mol. The van der Waals surface area contributed by atoms with E-state index in [-0.39, 0.29) is 36.1 Å². The molecule has 3 amide bonds. The highest BCUT2D eigenvalue weighted by Crippen LogP contribution is 2.20. The Kier molecular flexibility index (Phi) is 8.94. The minimum Gasteiger partial charge on any atom is -0.481 e. The summed E-state index contributed by atoms with van der Waals surface area (Å²) in [5.74, 6) is -1.89. The third kappa shape index (κ3) is 7.26. The van der Waals surface area contributed by atoms with Gasteiger partial charge in [0.25, 0.3) is 5.91 Å². The Labute approximate surface area is 163 Å². The number of carbonyl (C=O) groups excluding carboxylic acids is 4. The number of benzene rings is 1. The Hall–Kier alpha value is -3.10. The fraction of sp³-hybridized carbons (Fsp3) is 0.474. The van der Waals surface area contributed by atoms with Gasteiger partial charge in [-0.05, 0) is 52.8 Å². The molecule has 154 valence electrons. The molecule has 0 heterocycles. The van der Waals surface area contributed by atoms with Crippen LogP contribution in [0.1, 0.15) is 55.3 Å². The second-order valence-electron chi connectivity index (χ2n) is 6.06. The number of hydrogen-bond acceptors (Lipinski definition) is 7. The first kappa shape index (κ1) is 22.9. The predicted molar refractivity (Wildman–Crippen MR) is 100 cm³/mol.